The van der Waals surface area contributed by atoms with Gasteiger partial charge in [0.2, 0.25) is 5.91 Å². The van der Waals surface area contributed by atoms with Crippen molar-refractivity contribution in [3.05, 3.63) is 41.9 Å². The minimum absolute atomic E-state index is 0.0425. The molecule has 0 fully saturated rings. The third-order valence-electron chi connectivity index (χ3n) is 3.87. The summed E-state index contributed by atoms with van der Waals surface area (Å²) in [6.07, 6.45) is 2.86. The van der Waals surface area contributed by atoms with E-state index in [0.717, 1.165) is 0 Å². The monoisotopic (exact) mass is 399 g/mol. The average molecular weight is 399 g/mol. The Balaban J connectivity index is 2.12. The van der Waals surface area contributed by atoms with E-state index in [1.807, 2.05) is 13.8 Å². The van der Waals surface area contributed by atoms with Crippen molar-refractivity contribution in [2.75, 3.05) is 5.32 Å². The van der Waals surface area contributed by atoms with Gasteiger partial charge in [0.15, 0.2) is 0 Å². The molecular formula is C20H25N5O4. The molecule has 2 aromatic heterocycles. The van der Waals surface area contributed by atoms with Crippen LogP contribution in [0.2, 0.25) is 0 Å². The number of carbonyl (C=O) groups excluding carboxylic acids is 3. The molecule has 0 radical (unpaired) electrons. The molecule has 4 amide bonds. The minimum Gasteiger partial charge on any atom is -0.455 e. The smallest absolute Gasteiger partial charge is 0.327 e. The van der Waals surface area contributed by atoms with E-state index in [9.17, 15) is 14.4 Å². The number of primary amides is 1. The van der Waals surface area contributed by atoms with E-state index in [0.29, 0.717) is 17.1 Å². The maximum atomic E-state index is 11.9. The fourth-order valence-corrected chi connectivity index (χ4v) is 2.38. The van der Waals surface area contributed by atoms with Gasteiger partial charge in [-0.15, -0.1) is 0 Å². The van der Waals surface area contributed by atoms with Crippen molar-refractivity contribution in [3.8, 4) is 11.5 Å². The van der Waals surface area contributed by atoms with E-state index in [1.165, 1.54) is 18.5 Å². The van der Waals surface area contributed by atoms with Crippen LogP contribution in [0.3, 0.4) is 0 Å². The number of ether oxygens (including phenoxy) is 1. The molecule has 154 valence electrons. The lowest BCUT2D eigenvalue weighted by molar-refractivity contribution is -0.127. The second-order valence-corrected chi connectivity index (χ2v) is 7.73. The third kappa shape index (κ3) is 5.74. The Kier molecular flexibility index (Phi) is 6.53. The largest absolute Gasteiger partial charge is 0.455 e. The molecule has 2 heterocycles. The lowest BCUT2D eigenvalue weighted by atomic mass is 9.96. The molecule has 0 aliphatic rings. The number of urea groups is 1. The first-order valence-electron chi connectivity index (χ1n) is 9.04. The van der Waals surface area contributed by atoms with Crippen LogP contribution in [0.4, 0.5) is 10.6 Å². The maximum absolute atomic E-state index is 11.9. The molecule has 0 spiro atoms. The second kappa shape index (κ2) is 8.68. The van der Waals surface area contributed by atoms with Crippen LogP contribution in [0, 0.1) is 5.41 Å². The van der Waals surface area contributed by atoms with Gasteiger partial charge >= 0.3 is 6.03 Å². The molecule has 0 unspecified atom stereocenters. The van der Waals surface area contributed by atoms with Gasteiger partial charge in [0, 0.05) is 17.2 Å². The molecule has 0 saturated heterocycles. The summed E-state index contributed by atoms with van der Waals surface area (Å²) in [5.74, 6) is 0.00386. The van der Waals surface area contributed by atoms with Crippen LogP contribution in [-0.2, 0) is 4.79 Å². The molecular weight excluding hydrogens is 374 g/mol. The number of carbonyl (C=O) groups is 3. The van der Waals surface area contributed by atoms with Crippen LogP contribution in [0.25, 0.3) is 0 Å². The number of aromatic nitrogens is 2. The maximum Gasteiger partial charge on any atom is 0.327 e. The average Bonchev–Trinajstić information content (AvgIpc) is 2.62. The molecule has 0 aliphatic carbocycles. The van der Waals surface area contributed by atoms with E-state index in [4.69, 9.17) is 10.5 Å². The van der Waals surface area contributed by atoms with Crippen molar-refractivity contribution in [2.24, 2.45) is 11.1 Å². The Hall–Kier alpha value is -3.49. The van der Waals surface area contributed by atoms with Crippen molar-refractivity contribution in [2.45, 2.75) is 40.5 Å². The SMILES string of the molecule is CC(C)c1c(Oc2ccc(NC(=O)NC(=O)C(C)(C)C)nc2)ccnc1C(N)=O. The predicted octanol–water partition coefficient (Wildman–Crippen LogP) is 3.19. The summed E-state index contributed by atoms with van der Waals surface area (Å²) in [4.78, 5) is 43.5. The fourth-order valence-electron chi connectivity index (χ4n) is 2.38. The van der Waals surface area contributed by atoms with Crippen molar-refractivity contribution in [1.82, 2.24) is 15.3 Å². The van der Waals surface area contributed by atoms with Gasteiger partial charge in [-0.05, 0) is 24.1 Å². The highest BCUT2D eigenvalue weighted by atomic mass is 16.5. The Morgan fingerprint density at radius 2 is 1.79 bits per heavy atom. The van der Waals surface area contributed by atoms with Gasteiger partial charge in [-0.25, -0.2) is 9.78 Å². The molecule has 9 heteroatoms. The number of hydrogen-bond donors (Lipinski definition) is 3. The lowest BCUT2D eigenvalue weighted by Gasteiger charge is -2.17. The van der Waals surface area contributed by atoms with Gasteiger partial charge < -0.3 is 10.5 Å². The normalized spacial score (nSPS) is 11.1. The molecule has 29 heavy (non-hydrogen) atoms. The van der Waals surface area contributed by atoms with Crippen LogP contribution in [-0.4, -0.2) is 27.8 Å². The van der Waals surface area contributed by atoms with E-state index >= 15 is 0 Å². The molecule has 0 bridgehead atoms. The van der Waals surface area contributed by atoms with Crippen molar-refractivity contribution in [1.29, 1.82) is 0 Å². The van der Waals surface area contributed by atoms with Gasteiger partial charge in [-0.1, -0.05) is 34.6 Å². The number of rotatable bonds is 5. The number of nitrogens with two attached hydrogens (primary N) is 1. The zero-order valence-corrected chi connectivity index (χ0v) is 17.1. The van der Waals surface area contributed by atoms with Gasteiger partial charge in [0.1, 0.15) is 23.0 Å². The highest BCUT2D eigenvalue weighted by molar-refractivity contribution is 6.02. The van der Waals surface area contributed by atoms with E-state index in [2.05, 4.69) is 20.6 Å². The van der Waals surface area contributed by atoms with Gasteiger partial charge in [0.05, 0.1) is 6.20 Å². The number of anilines is 1. The topological polar surface area (TPSA) is 136 Å². The van der Waals surface area contributed by atoms with Crippen LogP contribution >= 0.6 is 0 Å². The number of nitrogens with zero attached hydrogens (tertiary/aromatic N) is 2. The van der Waals surface area contributed by atoms with Gasteiger partial charge in [-0.3, -0.25) is 25.2 Å². The quantitative estimate of drug-likeness (QED) is 0.706. The molecule has 4 N–H and O–H groups in total. The molecule has 0 aliphatic heterocycles. The Morgan fingerprint density at radius 3 is 2.31 bits per heavy atom. The zero-order chi connectivity index (χ0) is 21.8. The summed E-state index contributed by atoms with van der Waals surface area (Å²) in [6.45, 7) is 8.91. The molecule has 2 aromatic rings. The lowest BCUT2D eigenvalue weighted by Crippen LogP contribution is -2.41. The number of imide groups is 1. The van der Waals surface area contributed by atoms with Crippen LogP contribution < -0.4 is 21.1 Å². The highest BCUT2D eigenvalue weighted by Gasteiger charge is 2.23. The van der Waals surface area contributed by atoms with E-state index in [1.54, 1.807) is 32.9 Å². The summed E-state index contributed by atoms with van der Waals surface area (Å²) < 4.78 is 5.84. The van der Waals surface area contributed by atoms with E-state index in [-0.39, 0.29) is 17.4 Å². The molecule has 2 rings (SSSR count). The summed E-state index contributed by atoms with van der Waals surface area (Å²) in [6, 6.07) is 4.09. The summed E-state index contributed by atoms with van der Waals surface area (Å²) in [5, 5.41) is 4.73. The number of amides is 4. The first-order valence-corrected chi connectivity index (χ1v) is 9.04. The first-order chi connectivity index (χ1) is 13.5. The summed E-state index contributed by atoms with van der Waals surface area (Å²) >= 11 is 0. The van der Waals surface area contributed by atoms with Gasteiger partial charge in [0.25, 0.3) is 5.91 Å². The molecule has 0 saturated carbocycles. The summed E-state index contributed by atoms with van der Waals surface area (Å²) in [5.41, 5.74) is 5.47. The zero-order valence-electron chi connectivity index (χ0n) is 17.1. The molecule has 0 aromatic carbocycles. The standard InChI is InChI=1S/C20H25N5O4/c1-11(2)15-13(8-9-22-16(15)17(21)26)29-12-6-7-14(23-10-12)24-19(28)25-18(27)20(3,4)5/h6-11H,1-5H3,(H2,21,26)(H2,23,24,25,27,28). The van der Waals surface area contributed by atoms with Crippen LogP contribution in [0.5, 0.6) is 11.5 Å². The minimum atomic E-state index is -0.690. The number of hydrogen-bond acceptors (Lipinski definition) is 6. The van der Waals surface area contributed by atoms with Crippen molar-refractivity contribution in [3.63, 3.8) is 0 Å². The van der Waals surface area contributed by atoms with Crippen molar-refractivity contribution < 1.29 is 19.1 Å². The van der Waals surface area contributed by atoms with Gasteiger partial charge in [-0.2, -0.15) is 0 Å². The van der Waals surface area contributed by atoms with E-state index < -0.39 is 23.3 Å². The fraction of sp³-hybridized carbons (Fsp3) is 0.350. The van der Waals surface area contributed by atoms with Crippen molar-refractivity contribution >= 4 is 23.7 Å². The predicted molar refractivity (Wildman–Crippen MR) is 108 cm³/mol. The third-order valence-corrected chi connectivity index (χ3v) is 3.87. The Labute approximate surface area is 169 Å². The van der Waals surface area contributed by atoms with Crippen LogP contribution in [0.15, 0.2) is 30.6 Å². The molecule has 0 atom stereocenters. The number of nitrogens with one attached hydrogen (secondary N) is 2. The Bertz CT molecular complexity index is 917. The number of pyridine rings is 2. The molecule has 9 nitrogen and oxygen atoms in total. The first kappa shape index (κ1) is 21.8. The highest BCUT2D eigenvalue weighted by Crippen LogP contribution is 2.32. The Morgan fingerprint density at radius 1 is 1.10 bits per heavy atom. The summed E-state index contributed by atoms with van der Waals surface area (Å²) in [7, 11) is 0. The van der Waals surface area contributed by atoms with Crippen LogP contribution in [0.1, 0.15) is 56.6 Å². The second-order valence-electron chi connectivity index (χ2n) is 7.73.